The highest BCUT2D eigenvalue weighted by atomic mass is 16.5. The quantitative estimate of drug-likeness (QED) is 0.812. The number of para-hydroxylation sites is 2. The summed E-state index contributed by atoms with van der Waals surface area (Å²) in [5.74, 6) is -0.918. The van der Waals surface area contributed by atoms with Gasteiger partial charge in [0.2, 0.25) is 5.91 Å². The van der Waals surface area contributed by atoms with Crippen molar-refractivity contribution >= 4 is 29.2 Å². The maximum Gasteiger partial charge on any atom is 0.310 e. The Labute approximate surface area is 169 Å². The third kappa shape index (κ3) is 4.16. The maximum atomic E-state index is 12.9. The van der Waals surface area contributed by atoms with E-state index in [1.807, 2.05) is 19.1 Å². The predicted octanol–water partition coefficient (Wildman–Crippen LogP) is 3.02. The summed E-state index contributed by atoms with van der Waals surface area (Å²) in [5.41, 5.74) is 4.77. The molecule has 0 fully saturated rings. The van der Waals surface area contributed by atoms with E-state index in [2.05, 4.69) is 17.4 Å². The molecule has 1 atom stereocenters. The third-order valence-corrected chi connectivity index (χ3v) is 5.50. The van der Waals surface area contributed by atoms with Gasteiger partial charge in [0.1, 0.15) is 0 Å². The van der Waals surface area contributed by atoms with Crippen molar-refractivity contribution in [3.05, 3.63) is 59.2 Å². The summed E-state index contributed by atoms with van der Waals surface area (Å²) in [6, 6.07) is 12.9. The number of rotatable bonds is 4. The molecule has 0 unspecified atom stereocenters. The zero-order valence-electron chi connectivity index (χ0n) is 16.4. The van der Waals surface area contributed by atoms with Crippen LogP contribution in [-0.2, 0) is 38.4 Å². The van der Waals surface area contributed by atoms with E-state index in [0.717, 1.165) is 24.8 Å². The van der Waals surface area contributed by atoms with E-state index in [0.29, 0.717) is 11.4 Å². The zero-order valence-corrected chi connectivity index (χ0v) is 16.4. The molecule has 0 spiro atoms. The Morgan fingerprint density at radius 3 is 2.79 bits per heavy atom. The molecule has 0 bridgehead atoms. The summed E-state index contributed by atoms with van der Waals surface area (Å²) in [5, 5.41) is 2.82. The molecule has 2 amide bonds. The molecule has 1 heterocycles. The Morgan fingerprint density at radius 2 is 1.93 bits per heavy atom. The summed E-state index contributed by atoms with van der Waals surface area (Å²) in [6.07, 6.45) is 3.64. The van der Waals surface area contributed by atoms with E-state index < -0.39 is 5.97 Å². The molecule has 2 aliphatic rings. The van der Waals surface area contributed by atoms with Crippen molar-refractivity contribution in [1.82, 2.24) is 0 Å². The van der Waals surface area contributed by atoms with Gasteiger partial charge in [-0.15, -0.1) is 0 Å². The van der Waals surface area contributed by atoms with Crippen molar-refractivity contribution in [2.45, 2.75) is 45.1 Å². The fraction of sp³-hybridized carbons (Fsp3) is 0.348. The number of carbonyl (C=O) groups is 3. The van der Waals surface area contributed by atoms with Crippen LogP contribution in [-0.4, -0.2) is 30.4 Å². The number of ether oxygens (including phenoxy) is 1. The summed E-state index contributed by atoms with van der Waals surface area (Å²) in [7, 11) is 0. The number of esters is 1. The first kappa shape index (κ1) is 19.2. The Kier molecular flexibility index (Phi) is 5.34. The van der Waals surface area contributed by atoms with Gasteiger partial charge in [0.25, 0.3) is 5.91 Å². The van der Waals surface area contributed by atoms with E-state index in [-0.39, 0.29) is 37.3 Å². The molecular formula is C23H24N2O4. The largest absolute Gasteiger partial charge is 0.455 e. The second-order valence-electron chi connectivity index (χ2n) is 7.68. The lowest BCUT2D eigenvalue weighted by Gasteiger charge is -2.27. The Bertz CT molecular complexity index is 969. The van der Waals surface area contributed by atoms with Gasteiger partial charge in [-0.25, -0.2) is 0 Å². The van der Waals surface area contributed by atoms with Crippen LogP contribution in [0.2, 0.25) is 0 Å². The highest BCUT2D eigenvalue weighted by molar-refractivity contribution is 6.05. The van der Waals surface area contributed by atoms with E-state index in [4.69, 9.17) is 4.74 Å². The Hall–Kier alpha value is -3.15. The zero-order chi connectivity index (χ0) is 20.4. The highest BCUT2D eigenvalue weighted by Gasteiger charge is 2.30. The van der Waals surface area contributed by atoms with Crippen LogP contribution in [0.3, 0.4) is 0 Å². The van der Waals surface area contributed by atoms with Crippen LogP contribution in [0.25, 0.3) is 0 Å². The van der Waals surface area contributed by atoms with Crippen molar-refractivity contribution in [1.29, 1.82) is 0 Å². The first-order chi connectivity index (χ1) is 14.0. The number of amides is 2. The van der Waals surface area contributed by atoms with Gasteiger partial charge in [-0.1, -0.05) is 30.3 Å². The molecule has 0 saturated heterocycles. The molecule has 6 heteroatoms. The number of hydrogen-bond donors (Lipinski definition) is 1. The van der Waals surface area contributed by atoms with Gasteiger partial charge in [0.05, 0.1) is 17.8 Å². The standard InChI is InChI=1S/C23H24N2O4/c1-15-11-21(26)24-19-7-2-3-8-20(19)25(15)22(27)14-29-23(28)13-16-9-10-17-5-4-6-18(17)12-16/h2-3,7-10,12,15H,4-6,11,13-14H2,1H3,(H,24,26)/t15-/m0/s1. The van der Waals surface area contributed by atoms with Gasteiger partial charge in [-0.2, -0.15) is 0 Å². The topological polar surface area (TPSA) is 75.7 Å². The molecule has 2 aromatic rings. The first-order valence-electron chi connectivity index (χ1n) is 9.98. The minimum atomic E-state index is -0.429. The van der Waals surface area contributed by atoms with Crippen molar-refractivity contribution in [3.8, 4) is 0 Å². The number of carbonyl (C=O) groups excluding carboxylic acids is 3. The SMILES string of the molecule is C[C@H]1CC(=O)Nc2ccccc2N1C(=O)COC(=O)Cc1ccc2c(c1)CCC2. The maximum absolute atomic E-state index is 12.9. The van der Waals surface area contributed by atoms with Gasteiger partial charge in [0, 0.05) is 12.5 Å². The lowest BCUT2D eigenvalue weighted by Crippen LogP contribution is -2.41. The number of fused-ring (bicyclic) bond motifs is 2. The molecule has 2 aromatic carbocycles. The molecule has 1 aliphatic heterocycles. The van der Waals surface area contributed by atoms with Crippen LogP contribution in [0, 0.1) is 0 Å². The molecule has 4 rings (SSSR count). The number of nitrogens with one attached hydrogen (secondary N) is 1. The molecule has 29 heavy (non-hydrogen) atoms. The lowest BCUT2D eigenvalue weighted by molar-refractivity contribution is -0.147. The second kappa shape index (κ2) is 8.07. The molecule has 150 valence electrons. The fourth-order valence-corrected chi connectivity index (χ4v) is 4.13. The van der Waals surface area contributed by atoms with Crippen molar-refractivity contribution in [2.24, 2.45) is 0 Å². The fourth-order valence-electron chi connectivity index (χ4n) is 4.13. The van der Waals surface area contributed by atoms with Gasteiger partial charge >= 0.3 is 5.97 Å². The minimum absolute atomic E-state index is 0.145. The monoisotopic (exact) mass is 392 g/mol. The number of benzene rings is 2. The first-order valence-corrected chi connectivity index (χ1v) is 9.98. The highest BCUT2D eigenvalue weighted by Crippen LogP contribution is 2.31. The Morgan fingerprint density at radius 1 is 1.14 bits per heavy atom. The number of hydrogen-bond acceptors (Lipinski definition) is 4. The van der Waals surface area contributed by atoms with Gasteiger partial charge in [0.15, 0.2) is 6.61 Å². The number of aryl methyl sites for hydroxylation is 2. The van der Waals surface area contributed by atoms with E-state index in [9.17, 15) is 14.4 Å². The molecule has 1 aliphatic carbocycles. The average Bonchev–Trinajstić information content (AvgIpc) is 3.10. The van der Waals surface area contributed by atoms with Gasteiger partial charge in [-0.3, -0.25) is 14.4 Å². The van der Waals surface area contributed by atoms with E-state index in [1.165, 1.54) is 16.0 Å². The summed E-state index contributed by atoms with van der Waals surface area (Å²) in [6.45, 7) is 1.46. The van der Waals surface area contributed by atoms with Crippen LogP contribution >= 0.6 is 0 Å². The molecular weight excluding hydrogens is 368 g/mol. The summed E-state index contributed by atoms with van der Waals surface area (Å²) < 4.78 is 5.28. The molecule has 1 N–H and O–H groups in total. The minimum Gasteiger partial charge on any atom is -0.455 e. The lowest BCUT2D eigenvalue weighted by atomic mass is 10.0. The predicted molar refractivity (Wildman–Crippen MR) is 110 cm³/mol. The summed E-state index contributed by atoms with van der Waals surface area (Å²) >= 11 is 0. The van der Waals surface area contributed by atoms with E-state index in [1.54, 1.807) is 18.2 Å². The number of anilines is 2. The summed E-state index contributed by atoms with van der Waals surface area (Å²) in [4.78, 5) is 38.7. The normalized spacial score (nSPS) is 17.8. The van der Waals surface area contributed by atoms with Crippen LogP contribution in [0.4, 0.5) is 11.4 Å². The smallest absolute Gasteiger partial charge is 0.310 e. The van der Waals surface area contributed by atoms with Gasteiger partial charge < -0.3 is 15.0 Å². The second-order valence-corrected chi connectivity index (χ2v) is 7.68. The van der Waals surface area contributed by atoms with E-state index >= 15 is 0 Å². The van der Waals surface area contributed by atoms with Crippen molar-refractivity contribution in [3.63, 3.8) is 0 Å². The van der Waals surface area contributed by atoms with Crippen LogP contribution in [0.15, 0.2) is 42.5 Å². The third-order valence-electron chi connectivity index (χ3n) is 5.50. The van der Waals surface area contributed by atoms with Crippen LogP contribution < -0.4 is 10.2 Å². The molecule has 0 aromatic heterocycles. The number of nitrogens with zero attached hydrogens (tertiary/aromatic N) is 1. The average molecular weight is 392 g/mol. The van der Waals surface area contributed by atoms with Crippen LogP contribution in [0.1, 0.15) is 36.5 Å². The molecule has 0 saturated carbocycles. The van der Waals surface area contributed by atoms with Crippen LogP contribution in [0.5, 0.6) is 0 Å². The van der Waals surface area contributed by atoms with Gasteiger partial charge in [-0.05, 0) is 55.0 Å². The Balaban J connectivity index is 1.41. The van der Waals surface area contributed by atoms with Crippen molar-refractivity contribution < 1.29 is 19.1 Å². The molecule has 0 radical (unpaired) electrons. The molecule has 6 nitrogen and oxygen atoms in total. The van der Waals surface area contributed by atoms with Crippen molar-refractivity contribution in [2.75, 3.05) is 16.8 Å².